The van der Waals surface area contributed by atoms with Gasteiger partial charge in [-0.05, 0) is 61.0 Å². The fourth-order valence-corrected chi connectivity index (χ4v) is 3.74. The lowest BCUT2D eigenvalue weighted by Gasteiger charge is -2.26. The molecule has 0 radical (unpaired) electrons. The lowest BCUT2D eigenvalue weighted by Crippen LogP contribution is -2.26. The number of anilines is 2. The molecule has 3 aromatic rings. The molecule has 1 unspecified atom stereocenters. The second kappa shape index (κ2) is 7.85. The highest BCUT2D eigenvalue weighted by molar-refractivity contribution is 5.59. The van der Waals surface area contributed by atoms with Crippen molar-refractivity contribution in [3.8, 4) is 11.5 Å². The summed E-state index contributed by atoms with van der Waals surface area (Å²) in [7, 11) is 3.40. The third kappa shape index (κ3) is 3.63. The molecule has 0 amide bonds. The highest BCUT2D eigenvalue weighted by Gasteiger charge is 2.32. The molecule has 0 saturated carbocycles. The summed E-state index contributed by atoms with van der Waals surface area (Å²) in [6.07, 6.45) is 0. The first-order chi connectivity index (χ1) is 13.7. The van der Waals surface area contributed by atoms with Gasteiger partial charge in [0.15, 0.2) is 0 Å². The Labute approximate surface area is 166 Å². The lowest BCUT2D eigenvalue weighted by atomic mass is 10.0. The van der Waals surface area contributed by atoms with Crippen LogP contribution in [0, 0.1) is 6.92 Å². The summed E-state index contributed by atoms with van der Waals surface area (Å²) in [5, 5.41) is 0. The smallest absolute Gasteiger partial charge is 0.119 e. The van der Waals surface area contributed by atoms with E-state index in [1.54, 1.807) is 14.2 Å². The summed E-state index contributed by atoms with van der Waals surface area (Å²) in [5.74, 6) is 1.76. The van der Waals surface area contributed by atoms with Crippen LogP contribution >= 0.6 is 0 Å². The lowest BCUT2D eigenvalue weighted by molar-refractivity contribution is 0.414. The Morgan fingerprint density at radius 1 is 0.714 bits per heavy atom. The molecule has 0 bridgehead atoms. The molecule has 4 rings (SSSR count). The van der Waals surface area contributed by atoms with Gasteiger partial charge in [-0.1, -0.05) is 29.8 Å². The Balaban J connectivity index is 1.66. The van der Waals surface area contributed by atoms with E-state index in [1.165, 1.54) is 22.5 Å². The Morgan fingerprint density at radius 3 is 1.79 bits per heavy atom. The average molecular weight is 374 g/mol. The van der Waals surface area contributed by atoms with Gasteiger partial charge in [0.2, 0.25) is 0 Å². The molecule has 0 aliphatic carbocycles. The Hall–Kier alpha value is -3.14. The topological polar surface area (TPSA) is 24.9 Å². The molecule has 144 valence electrons. The van der Waals surface area contributed by atoms with Crippen molar-refractivity contribution in [2.45, 2.75) is 13.0 Å². The summed E-state index contributed by atoms with van der Waals surface area (Å²) in [4.78, 5) is 4.86. The number of ether oxygens (including phenoxy) is 2. The van der Waals surface area contributed by atoms with Gasteiger partial charge in [-0.3, -0.25) is 0 Å². The molecular formula is C24H26N2O2. The zero-order valence-electron chi connectivity index (χ0n) is 16.6. The van der Waals surface area contributed by atoms with Gasteiger partial charge < -0.3 is 19.3 Å². The maximum Gasteiger partial charge on any atom is 0.119 e. The third-order valence-corrected chi connectivity index (χ3v) is 5.40. The van der Waals surface area contributed by atoms with Crippen LogP contribution in [0.25, 0.3) is 0 Å². The minimum atomic E-state index is 0.288. The predicted octanol–water partition coefficient (Wildman–Crippen LogP) is 5.04. The predicted molar refractivity (Wildman–Crippen MR) is 115 cm³/mol. The molecule has 0 spiro atoms. The minimum absolute atomic E-state index is 0.288. The Morgan fingerprint density at radius 2 is 1.25 bits per heavy atom. The molecule has 4 heteroatoms. The van der Waals surface area contributed by atoms with E-state index in [9.17, 15) is 0 Å². The standard InChI is InChI=1S/C24H26N2O2/c1-18-4-6-19(7-5-18)24-16-25(20-8-12-22(27-2)13-9-20)17-26(24)21-10-14-23(28-3)15-11-21/h4-15,24H,16-17H2,1-3H3. The second-order valence-electron chi connectivity index (χ2n) is 7.16. The molecule has 1 atom stereocenters. The monoisotopic (exact) mass is 374 g/mol. The number of rotatable bonds is 5. The zero-order valence-corrected chi connectivity index (χ0v) is 16.6. The van der Waals surface area contributed by atoms with Crippen molar-refractivity contribution in [3.63, 3.8) is 0 Å². The van der Waals surface area contributed by atoms with Gasteiger partial charge >= 0.3 is 0 Å². The fourth-order valence-electron chi connectivity index (χ4n) is 3.74. The number of hydrogen-bond donors (Lipinski definition) is 0. The molecule has 1 heterocycles. The van der Waals surface area contributed by atoms with E-state index < -0.39 is 0 Å². The average Bonchev–Trinajstić information content (AvgIpc) is 3.20. The van der Waals surface area contributed by atoms with Crippen molar-refractivity contribution in [2.24, 2.45) is 0 Å². The molecule has 3 aromatic carbocycles. The van der Waals surface area contributed by atoms with Gasteiger partial charge in [0.05, 0.1) is 26.9 Å². The van der Waals surface area contributed by atoms with E-state index in [2.05, 4.69) is 65.3 Å². The number of methoxy groups -OCH3 is 2. The number of nitrogens with zero attached hydrogens (tertiary/aromatic N) is 2. The summed E-state index contributed by atoms with van der Waals surface area (Å²) in [6.45, 7) is 3.89. The van der Waals surface area contributed by atoms with E-state index in [0.29, 0.717) is 0 Å². The molecule has 1 saturated heterocycles. The van der Waals surface area contributed by atoms with E-state index in [4.69, 9.17) is 9.47 Å². The van der Waals surface area contributed by atoms with Crippen LogP contribution in [0.15, 0.2) is 72.8 Å². The maximum absolute atomic E-state index is 5.33. The molecule has 28 heavy (non-hydrogen) atoms. The Kier molecular flexibility index (Phi) is 5.11. The van der Waals surface area contributed by atoms with Gasteiger partial charge in [-0.2, -0.15) is 0 Å². The first-order valence-corrected chi connectivity index (χ1v) is 9.54. The number of aryl methyl sites for hydroxylation is 1. The van der Waals surface area contributed by atoms with Crippen LogP contribution in [-0.4, -0.2) is 27.4 Å². The normalized spacial score (nSPS) is 16.3. The van der Waals surface area contributed by atoms with E-state index >= 15 is 0 Å². The van der Waals surface area contributed by atoms with Crippen molar-refractivity contribution in [1.82, 2.24) is 0 Å². The Bertz CT molecular complexity index is 905. The molecule has 1 aliphatic rings. The van der Waals surface area contributed by atoms with Crippen molar-refractivity contribution in [1.29, 1.82) is 0 Å². The third-order valence-electron chi connectivity index (χ3n) is 5.40. The van der Waals surface area contributed by atoms with Gasteiger partial charge in [0.1, 0.15) is 11.5 Å². The zero-order chi connectivity index (χ0) is 19.5. The van der Waals surface area contributed by atoms with Crippen LogP contribution < -0.4 is 19.3 Å². The summed E-state index contributed by atoms with van der Waals surface area (Å²) >= 11 is 0. The van der Waals surface area contributed by atoms with Crippen molar-refractivity contribution in [3.05, 3.63) is 83.9 Å². The van der Waals surface area contributed by atoms with Crippen LogP contribution in [-0.2, 0) is 0 Å². The highest BCUT2D eigenvalue weighted by atomic mass is 16.5. The first-order valence-electron chi connectivity index (χ1n) is 9.54. The second-order valence-corrected chi connectivity index (χ2v) is 7.16. The van der Waals surface area contributed by atoms with Crippen LogP contribution in [0.3, 0.4) is 0 Å². The van der Waals surface area contributed by atoms with Gasteiger partial charge in [-0.25, -0.2) is 0 Å². The summed E-state index contributed by atoms with van der Waals surface area (Å²) < 4.78 is 10.6. The summed E-state index contributed by atoms with van der Waals surface area (Å²) in [5.41, 5.74) is 5.01. The highest BCUT2D eigenvalue weighted by Crippen LogP contribution is 2.36. The van der Waals surface area contributed by atoms with E-state index in [1.807, 2.05) is 24.3 Å². The quantitative estimate of drug-likeness (QED) is 0.625. The van der Waals surface area contributed by atoms with Crippen LogP contribution in [0.5, 0.6) is 11.5 Å². The van der Waals surface area contributed by atoms with Crippen LogP contribution in [0.4, 0.5) is 11.4 Å². The van der Waals surface area contributed by atoms with Gasteiger partial charge in [0.25, 0.3) is 0 Å². The van der Waals surface area contributed by atoms with Crippen molar-refractivity contribution in [2.75, 3.05) is 37.2 Å². The molecular weight excluding hydrogens is 348 g/mol. The van der Waals surface area contributed by atoms with Crippen LogP contribution in [0.2, 0.25) is 0 Å². The molecule has 0 N–H and O–H groups in total. The molecule has 0 aromatic heterocycles. The van der Waals surface area contributed by atoms with Crippen molar-refractivity contribution >= 4 is 11.4 Å². The minimum Gasteiger partial charge on any atom is -0.497 e. The van der Waals surface area contributed by atoms with Crippen LogP contribution in [0.1, 0.15) is 17.2 Å². The first kappa shape index (κ1) is 18.2. The maximum atomic E-state index is 5.33. The number of benzene rings is 3. The van der Waals surface area contributed by atoms with E-state index in [0.717, 1.165) is 24.7 Å². The molecule has 1 aliphatic heterocycles. The largest absolute Gasteiger partial charge is 0.497 e. The number of hydrogen-bond acceptors (Lipinski definition) is 4. The van der Waals surface area contributed by atoms with E-state index in [-0.39, 0.29) is 6.04 Å². The molecule has 4 nitrogen and oxygen atoms in total. The van der Waals surface area contributed by atoms with Gasteiger partial charge in [-0.15, -0.1) is 0 Å². The van der Waals surface area contributed by atoms with Gasteiger partial charge in [0, 0.05) is 17.9 Å². The summed E-state index contributed by atoms with van der Waals surface area (Å²) in [6, 6.07) is 25.8. The molecule has 1 fully saturated rings. The van der Waals surface area contributed by atoms with Crippen molar-refractivity contribution < 1.29 is 9.47 Å². The SMILES string of the molecule is COc1ccc(N2CC(c3ccc(C)cc3)N(c3ccc(OC)cc3)C2)cc1. The fraction of sp³-hybridized carbons (Fsp3) is 0.250.